The molecule has 2 heterocycles. The van der Waals surface area contributed by atoms with E-state index < -0.39 is 9.84 Å². The van der Waals surface area contributed by atoms with Crippen molar-refractivity contribution in [1.82, 2.24) is 24.5 Å². The first-order valence-corrected chi connectivity index (χ1v) is 11.0. The number of rotatable bonds is 6. The van der Waals surface area contributed by atoms with Crippen LogP contribution in [0.25, 0.3) is 22.5 Å². The molecule has 0 N–H and O–H groups in total. The Balaban J connectivity index is 1.88. The van der Waals surface area contributed by atoms with Gasteiger partial charge < -0.3 is 4.74 Å². The largest absolute Gasteiger partial charge is 0.497 e. The van der Waals surface area contributed by atoms with E-state index in [1.165, 1.54) is 6.33 Å². The van der Waals surface area contributed by atoms with Crippen LogP contribution in [-0.4, -0.2) is 45.8 Å². The quantitative estimate of drug-likeness (QED) is 0.473. The highest BCUT2D eigenvalue weighted by atomic mass is 32.2. The summed E-state index contributed by atoms with van der Waals surface area (Å²) in [4.78, 5) is 4.19. The van der Waals surface area contributed by atoms with E-state index in [4.69, 9.17) is 4.74 Å². The molecule has 0 aliphatic carbocycles. The summed E-state index contributed by atoms with van der Waals surface area (Å²) in [5, 5.41) is 8.65. The minimum atomic E-state index is -3.47. The lowest BCUT2D eigenvalue weighted by Gasteiger charge is -2.14. The van der Waals surface area contributed by atoms with Gasteiger partial charge in [-0.3, -0.25) is 0 Å². The van der Waals surface area contributed by atoms with Crippen LogP contribution in [0.15, 0.2) is 66.2 Å². The highest BCUT2D eigenvalue weighted by Gasteiger charge is 2.21. The van der Waals surface area contributed by atoms with Gasteiger partial charge in [-0.05, 0) is 42.8 Å². The molecule has 2 aromatic heterocycles. The average molecular weight is 423 g/mol. The van der Waals surface area contributed by atoms with Crippen molar-refractivity contribution in [3.8, 4) is 28.3 Å². The molecule has 0 fully saturated rings. The van der Waals surface area contributed by atoms with Crippen molar-refractivity contribution in [3.05, 3.63) is 67.0 Å². The molecule has 0 spiro atoms. The van der Waals surface area contributed by atoms with Crippen LogP contribution < -0.4 is 4.74 Å². The number of benzene rings is 2. The topological polar surface area (TPSA) is 91.9 Å². The predicted molar refractivity (Wildman–Crippen MR) is 113 cm³/mol. The van der Waals surface area contributed by atoms with Gasteiger partial charge in [-0.25, -0.2) is 22.8 Å². The first-order valence-electron chi connectivity index (χ1n) is 9.36. The fourth-order valence-corrected chi connectivity index (χ4v) is 4.33. The minimum Gasteiger partial charge on any atom is -0.497 e. The lowest BCUT2D eigenvalue weighted by molar-refractivity contribution is 0.415. The Kier molecular flexibility index (Phi) is 5.13. The van der Waals surface area contributed by atoms with Gasteiger partial charge in [0.1, 0.15) is 18.4 Å². The van der Waals surface area contributed by atoms with E-state index in [1.54, 1.807) is 54.1 Å². The highest BCUT2D eigenvalue weighted by molar-refractivity contribution is 7.91. The van der Waals surface area contributed by atoms with Gasteiger partial charge in [0.15, 0.2) is 9.84 Å². The van der Waals surface area contributed by atoms with E-state index >= 15 is 0 Å². The van der Waals surface area contributed by atoms with Gasteiger partial charge >= 0.3 is 0 Å². The Hall–Kier alpha value is -3.46. The third kappa shape index (κ3) is 3.48. The monoisotopic (exact) mass is 423 g/mol. The maximum absolute atomic E-state index is 12.8. The Morgan fingerprint density at radius 3 is 2.47 bits per heavy atom. The molecule has 30 heavy (non-hydrogen) atoms. The standard InChI is InChI=1S/C21H21N5O3S/c1-4-30(27,28)21-10-7-17(25-14-22-13-24-25)11-20(21)26-15(2)19(12-23-26)16-5-8-18(29-3)9-6-16/h5-14H,4H2,1-3H3. The number of hydrogen-bond donors (Lipinski definition) is 0. The maximum atomic E-state index is 12.8. The van der Waals surface area contributed by atoms with Crippen LogP contribution in [0.4, 0.5) is 0 Å². The van der Waals surface area contributed by atoms with Gasteiger partial charge in [0.25, 0.3) is 0 Å². The van der Waals surface area contributed by atoms with Gasteiger partial charge in [0.2, 0.25) is 0 Å². The van der Waals surface area contributed by atoms with Crippen molar-refractivity contribution in [2.24, 2.45) is 0 Å². The lowest BCUT2D eigenvalue weighted by atomic mass is 10.1. The molecule has 0 amide bonds. The molecule has 0 saturated carbocycles. The number of sulfone groups is 1. The van der Waals surface area contributed by atoms with Crippen molar-refractivity contribution < 1.29 is 13.2 Å². The first-order chi connectivity index (χ1) is 14.4. The molecular formula is C21H21N5O3S. The summed E-state index contributed by atoms with van der Waals surface area (Å²) in [6, 6.07) is 12.7. The van der Waals surface area contributed by atoms with E-state index in [-0.39, 0.29) is 10.6 Å². The summed E-state index contributed by atoms with van der Waals surface area (Å²) in [5.74, 6) is 0.759. The highest BCUT2D eigenvalue weighted by Crippen LogP contribution is 2.30. The Labute approximate surface area is 174 Å². The Morgan fingerprint density at radius 1 is 1.07 bits per heavy atom. The molecule has 4 rings (SSSR count). The van der Waals surface area contributed by atoms with Gasteiger partial charge in [-0.2, -0.15) is 10.2 Å². The molecule has 8 nitrogen and oxygen atoms in total. The van der Waals surface area contributed by atoms with Crippen molar-refractivity contribution in [3.63, 3.8) is 0 Å². The summed E-state index contributed by atoms with van der Waals surface area (Å²) in [7, 11) is -1.85. The smallest absolute Gasteiger partial charge is 0.180 e. The molecule has 154 valence electrons. The summed E-state index contributed by atoms with van der Waals surface area (Å²) in [6.45, 7) is 3.54. The molecule has 0 unspecified atom stereocenters. The number of ether oxygens (including phenoxy) is 1. The van der Waals surface area contributed by atoms with E-state index in [9.17, 15) is 8.42 Å². The molecule has 0 aliphatic heterocycles. The normalized spacial score (nSPS) is 11.6. The van der Waals surface area contributed by atoms with E-state index in [2.05, 4.69) is 15.2 Å². The molecule has 2 aromatic carbocycles. The van der Waals surface area contributed by atoms with E-state index in [0.717, 1.165) is 22.6 Å². The molecule has 4 aromatic rings. The van der Waals surface area contributed by atoms with Crippen molar-refractivity contribution in [2.45, 2.75) is 18.7 Å². The average Bonchev–Trinajstić information content (AvgIpc) is 3.43. The molecule has 0 atom stereocenters. The van der Waals surface area contributed by atoms with Gasteiger partial charge in [0.05, 0.1) is 35.3 Å². The van der Waals surface area contributed by atoms with Crippen LogP contribution in [0, 0.1) is 6.92 Å². The third-order valence-electron chi connectivity index (χ3n) is 4.98. The van der Waals surface area contributed by atoms with Gasteiger partial charge in [0, 0.05) is 11.3 Å². The molecule has 0 radical (unpaired) electrons. The molecule has 0 saturated heterocycles. The van der Waals surface area contributed by atoms with E-state index in [1.807, 2.05) is 31.2 Å². The zero-order valence-corrected chi connectivity index (χ0v) is 17.7. The first kappa shape index (κ1) is 19.8. The Bertz CT molecular complexity index is 1280. The zero-order valence-electron chi connectivity index (χ0n) is 16.8. The second-order valence-electron chi connectivity index (χ2n) is 6.68. The van der Waals surface area contributed by atoms with Crippen LogP contribution in [0.2, 0.25) is 0 Å². The second-order valence-corrected chi connectivity index (χ2v) is 8.93. The minimum absolute atomic E-state index is 0.00563. The molecule has 9 heteroatoms. The van der Waals surface area contributed by atoms with Crippen LogP contribution in [0.5, 0.6) is 5.75 Å². The third-order valence-corrected chi connectivity index (χ3v) is 6.76. The second kappa shape index (κ2) is 7.75. The summed E-state index contributed by atoms with van der Waals surface area (Å²) in [5.41, 5.74) is 3.86. The Morgan fingerprint density at radius 2 is 1.83 bits per heavy atom. The fraction of sp³-hybridized carbons (Fsp3) is 0.190. The molecule has 0 aliphatic rings. The van der Waals surface area contributed by atoms with E-state index in [0.29, 0.717) is 11.4 Å². The maximum Gasteiger partial charge on any atom is 0.180 e. The van der Waals surface area contributed by atoms with Crippen molar-refractivity contribution in [1.29, 1.82) is 0 Å². The predicted octanol–water partition coefficient (Wildman–Crippen LogP) is 3.23. The molecule has 0 bridgehead atoms. The lowest BCUT2D eigenvalue weighted by Crippen LogP contribution is -2.12. The van der Waals surface area contributed by atoms with Gasteiger partial charge in [-0.15, -0.1) is 0 Å². The zero-order chi connectivity index (χ0) is 21.3. The summed E-state index contributed by atoms with van der Waals surface area (Å²) >= 11 is 0. The van der Waals surface area contributed by atoms with Crippen LogP contribution >= 0.6 is 0 Å². The van der Waals surface area contributed by atoms with Crippen LogP contribution in [0.1, 0.15) is 12.6 Å². The summed E-state index contributed by atoms with van der Waals surface area (Å²) < 4.78 is 34.0. The number of hydrogen-bond acceptors (Lipinski definition) is 6. The molecular weight excluding hydrogens is 402 g/mol. The van der Waals surface area contributed by atoms with Crippen molar-refractivity contribution >= 4 is 9.84 Å². The fourth-order valence-electron chi connectivity index (χ4n) is 3.28. The SMILES string of the molecule is CCS(=O)(=O)c1ccc(-n2cncn2)cc1-n1ncc(-c2ccc(OC)cc2)c1C. The van der Waals surface area contributed by atoms with Gasteiger partial charge in [-0.1, -0.05) is 19.1 Å². The van der Waals surface area contributed by atoms with Crippen LogP contribution in [-0.2, 0) is 9.84 Å². The van der Waals surface area contributed by atoms with Crippen LogP contribution in [0.3, 0.4) is 0 Å². The number of methoxy groups -OCH3 is 1. The number of nitrogens with zero attached hydrogens (tertiary/aromatic N) is 5. The summed E-state index contributed by atoms with van der Waals surface area (Å²) in [6.07, 6.45) is 4.73. The number of aromatic nitrogens is 5. The van der Waals surface area contributed by atoms with Crippen molar-refractivity contribution in [2.75, 3.05) is 12.9 Å².